The third kappa shape index (κ3) is 5.89. The number of benzene rings is 2. The molecule has 0 bridgehead atoms. The lowest BCUT2D eigenvalue weighted by atomic mass is 10.1. The molecule has 0 spiro atoms. The fraction of sp³-hybridized carbons (Fsp3) is 0.409. The molecule has 0 heterocycles. The van der Waals surface area contributed by atoms with Crippen molar-refractivity contribution in [3.05, 3.63) is 53.1 Å². The molecule has 2 rings (SSSR count). The molecule has 0 radical (unpaired) electrons. The fourth-order valence-electron chi connectivity index (χ4n) is 2.75. The molecular formula is C22H29NO5. The predicted molar refractivity (Wildman–Crippen MR) is 109 cm³/mol. The predicted octanol–water partition coefficient (Wildman–Crippen LogP) is 3.61. The molecule has 0 aliphatic heterocycles. The molecule has 6 heteroatoms. The van der Waals surface area contributed by atoms with Gasteiger partial charge in [-0.25, -0.2) is 0 Å². The maximum Gasteiger partial charge on any atom is 0.251 e. The largest absolute Gasteiger partial charge is 0.496 e. The van der Waals surface area contributed by atoms with E-state index in [2.05, 4.69) is 5.32 Å². The van der Waals surface area contributed by atoms with Crippen LogP contribution in [0, 0.1) is 0 Å². The second kappa shape index (κ2) is 10.6. The fourth-order valence-corrected chi connectivity index (χ4v) is 2.75. The molecule has 2 aromatic carbocycles. The highest BCUT2D eigenvalue weighted by molar-refractivity contribution is 5.94. The zero-order valence-corrected chi connectivity index (χ0v) is 17.2. The van der Waals surface area contributed by atoms with E-state index in [4.69, 9.17) is 18.9 Å². The van der Waals surface area contributed by atoms with E-state index < -0.39 is 0 Å². The summed E-state index contributed by atoms with van der Waals surface area (Å²) in [6, 6.07) is 11.1. The zero-order valence-electron chi connectivity index (χ0n) is 17.2. The second-order valence-corrected chi connectivity index (χ2v) is 6.58. The quantitative estimate of drug-likeness (QED) is 0.675. The first-order valence-electron chi connectivity index (χ1n) is 9.26. The van der Waals surface area contributed by atoms with Gasteiger partial charge < -0.3 is 24.3 Å². The molecule has 0 aliphatic carbocycles. The van der Waals surface area contributed by atoms with Gasteiger partial charge in [-0.15, -0.1) is 0 Å². The van der Waals surface area contributed by atoms with Crippen LogP contribution in [-0.4, -0.2) is 39.9 Å². The minimum atomic E-state index is -0.131. The molecule has 1 amide bonds. The van der Waals surface area contributed by atoms with Crippen molar-refractivity contribution in [1.29, 1.82) is 0 Å². The van der Waals surface area contributed by atoms with E-state index in [1.807, 2.05) is 38.1 Å². The van der Waals surface area contributed by atoms with Crippen molar-refractivity contribution in [3.63, 3.8) is 0 Å². The number of rotatable bonds is 10. The van der Waals surface area contributed by atoms with Gasteiger partial charge in [0.25, 0.3) is 5.91 Å². The van der Waals surface area contributed by atoms with Gasteiger partial charge in [0.05, 0.1) is 34.0 Å². The van der Waals surface area contributed by atoms with Gasteiger partial charge in [0, 0.05) is 17.7 Å². The number of carbonyl (C=O) groups is 1. The second-order valence-electron chi connectivity index (χ2n) is 6.58. The lowest BCUT2D eigenvalue weighted by Crippen LogP contribution is -2.25. The first-order chi connectivity index (χ1) is 13.5. The number of ether oxygens (including phenoxy) is 4. The van der Waals surface area contributed by atoms with Crippen LogP contribution in [0.15, 0.2) is 36.4 Å². The Kier molecular flexibility index (Phi) is 8.14. The van der Waals surface area contributed by atoms with Crippen LogP contribution >= 0.6 is 0 Å². The lowest BCUT2D eigenvalue weighted by Gasteiger charge is -2.13. The SMILES string of the molecule is COc1ccc(C(=O)NCCc2ccc(OC)c(OC)c2)cc1COC(C)C. The number of hydrogen-bond acceptors (Lipinski definition) is 5. The molecule has 0 aromatic heterocycles. The van der Waals surface area contributed by atoms with Crippen LogP contribution in [0.25, 0.3) is 0 Å². The number of amides is 1. The Morgan fingerprint density at radius 2 is 1.61 bits per heavy atom. The van der Waals surface area contributed by atoms with Crippen LogP contribution in [0.5, 0.6) is 17.2 Å². The minimum Gasteiger partial charge on any atom is -0.496 e. The van der Waals surface area contributed by atoms with Crippen molar-refractivity contribution in [2.75, 3.05) is 27.9 Å². The highest BCUT2D eigenvalue weighted by Crippen LogP contribution is 2.27. The van der Waals surface area contributed by atoms with Crippen molar-refractivity contribution in [2.45, 2.75) is 33.0 Å². The maximum absolute atomic E-state index is 12.5. The van der Waals surface area contributed by atoms with Gasteiger partial charge in [-0.1, -0.05) is 6.07 Å². The molecule has 152 valence electrons. The van der Waals surface area contributed by atoms with Crippen LogP contribution < -0.4 is 19.5 Å². The Labute approximate surface area is 166 Å². The Bertz CT molecular complexity index is 788. The van der Waals surface area contributed by atoms with Gasteiger partial charge >= 0.3 is 0 Å². The molecule has 1 N–H and O–H groups in total. The van der Waals surface area contributed by atoms with E-state index in [0.717, 1.165) is 11.1 Å². The average molecular weight is 387 g/mol. The van der Waals surface area contributed by atoms with Gasteiger partial charge in [-0.2, -0.15) is 0 Å². The molecule has 0 saturated heterocycles. The third-order valence-electron chi connectivity index (χ3n) is 4.26. The monoisotopic (exact) mass is 387 g/mol. The first-order valence-corrected chi connectivity index (χ1v) is 9.26. The smallest absolute Gasteiger partial charge is 0.251 e. The normalized spacial score (nSPS) is 10.6. The van der Waals surface area contributed by atoms with Crippen LogP contribution in [-0.2, 0) is 17.8 Å². The van der Waals surface area contributed by atoms with E-state index in [1.54, 1.807) is 33.5 Å². The Balaban J connectivity index is 1.98. The molecule has 28 heavy (non-hydrogen) atoms. The van der Waals surface area contributed by atoms with Gasteiger partial charge in [-0.05, 0) is 56.2 Å². The Morgan fingerprint density at radius 1 is 0.929 bits per heavy atom. The molecule has 0 atom stereocenters. The summed E-state index contributed by atoms with van der Waals surface area (Å²) in [4.78, 5) is 12.5. The lowest BCUT2D eigenvalue weighted by molar-refractivity contribution is 0.0644. The van der Waals surface area contributed by atoms with Gasteiger partial charge in [0.15, 0.2) is 11.5 Å². The minimum absolute atomic E-state index is 0.101. The van der Waals surface area contributed by atoms with Crippen molar-refractivity contribution in [3.8, 4) is 17.2 Å². The molecule has 0 saturated carbocycles. The van der Waals surface area contributed by atoms with Crippen LogP contribution in [0.2, 0.25) is 0 Å². The average Bonchev–Trinajstić information content (AvgIpc) is 2.71. The zero-order chi connectivity index (χ0) is 20.5. The number of carbonyl (C=O) groups excluding carboxylic acids is 1. The number of nitrogens with one attached hydrogen (secondary N) is 1. The highest BCUT2D eigenvalue weighted by Gasteiger charge is 2.11. The number of hydrogen-bond donors (Lipinski definition) is 1. The summed E-state index contributed by atoms with van der Waals surface area (Å²) in [7, 11) is 4.82. The molecule has 0 unspecified atom stereocenters. The van der Waals surface area contributed by atoms with Crippen LogP contribution in [0.1, 0.15) is 35.3 Å². The molecule has 2 aromatic rings. The number of methoxy groups -OCH3 is 3. The van der Waals surface area contributed by atoms with Crippen LogP contribution in [0.3, 0.4) is 0 Å². The van der Waals surface area contributed by atoms with Crippen molar-refractivity contribution >= 4 is 5.91 Å². The van der Waals surface area contributed by atoms with E-state index in [9.17, 15) is 4.79 Å². The highest BCUT2D eigenvalue weighted by atomic mass is 16.5. The van der Waals surface area contributed by atoms with Crippen molar-refractivity contribution in [1.82, 2.24) is 5.32 Å². The summed E-state index contributed by atoms with van der Waals surface area (Å²) in [5.41, 5.74) is 2.48. The molecule has 0 fully saturated rings. The Hall–Kier alpha value is -2.73. The third-order valence-corrected chi connectivity index (χ3v) is 4.26. The topological polar surface area (TPSA) is 66.0 Å². The van der Waals surface area contributed by atoms with Gasteiger partial charge in [0.2, 0.25) is 0 Å². The summed E-state index contributed by atoms with van der Waals surface area (Å²) >= 11 is 0. The van der Waals surface area contributed by atoms with E-state index in [1.165, 1.54) is 0 Å². The van der Waals surface area contributed by atoms with Crippen molar-refractivity contribution < 1.29 is 23.7 Å². The molecular weight excluding hydrogens is 358 g/mol. The summed E-state index contributed by atoms with van der Waals surface area (Å²) in [5, 5.41) is 2.95. The summed E-state index contributed by atoms with van der Waals surface area (Å²) in [6.45, 7) is 4.85. The summed E-state index contributed by atoms with van der Waals surface area (Å²) in [5.74, 6) is 1.94. The van der Waals surface area contributed by atoms with E-state index >= 15 is 0 Å². The summed E-state index contributed by atoms with van der Waals surface area (Å²) in [6.07, 6.45) is 0.787. The van der Waals surface area contributed by atoms with Crippen LogP contribution in [0.4, 0.5) is 0 Å². The summed E-state index contributed by atoms with van der Waals surface area (Å²) < 4.78 is 21.6. The first kappa shape index (κ1) is 21.6. The molecule has 6 nitrogen and oxygen atoms in total. The van der Waals surface area contributed by atoms with Gasteiger partial charge in [-0.3, -0.25) is 4.79 Å². The standard InChI is InChI=1S/C22H29NO5/c1-15(2)28-14-18-13-17(7-9-19(18)25-3)22(24)23-11-10-16-6-8-20(26-4)21(12-16)27-5/h6-9,12-13,15H,10-11,14H2,1-5H3,(H,23,24). The van der Waals surface area contributed by atoms with Crippen molar-refractivity contribution in [2.24, 2.45) is 0 Å². The molecule has 0 aliphatic rings. The Morgan fingerprint density at radius 3 is 2.25 bits per heavy atom. The maximum atomic E-state index is 12.5. The van der Waals surface area contributed by atoms with E-state index in [-0.39, 0.29) is 12.0 Å². The van der Waals surface area contributed by atoms with Gasteiger partial charge in [0.1, 0.15) is 5.75 Å². The van der Waals surface area contributed by atoms with E-state index in [0.29, 0.717) is 42.4 Å².